The number of hydrogen-bond acceptors (Lipinski definition) is 1. The first-order chi connectivity index (χ1) is 33.7. The topological polar surface area (TPSA) is 8.17 Å². The maximum atomic E-state index is 2.49. The minimum atomic E-state index is 0.892. The highest BCUT2D eigenvalue weighted by molar-refractivity contribution is 6.23. The van der Waals surface area contributed by atoms with Gasteiger partial charge in [-0.25, -0.2) is 0 Å². The van der Waals surface area contributed by atoms with Gasteiger partial charge in [-0.05, 0) is 150 Å². The predicted molar refractivity (Wildman–Crippen MR) is 290 cm³/mol. The lowest BCUT2D eigenvalue weighted by atomic mass is 9.89. The van der Waals surface area contributed by atoms with Crippen LogP contribution >= 0.6 is 0 Å². The lowest BCUT2D eigenvalue weighted by Gasteiger charge is -2.31. The predicted octanol–water partition coefficient (Wildman–Crippen LogP) is 18.1. The van der Waals surface area contributed by atoms with Crippen molar-refractivity contribution in [3.8, 4) is 39.1 Å². The van der Waals surface area contributed by atoms with Gasteiger partial charge in [0.15, 0.2) is 0 Å². The van der Waals surface area contributed by atoms with Gasteiger partial charge in [-0.15, -0.1) is 0 Å². The number of hydrogen-bond donors (Lipinski definition) is 0. The summed E-state index contributed by atoms with van der Waals surface area (Å²) in [7, 11) is 0. The van der Waals surface area contributed by atoms with Crippen molar-refractivity contribution < 1.29 is 0 Å². The summed E-state index contributed by atoms with van der Waals surface area (Å²) in [5.41, 5.74) is 17.1. The van der Waals surface area contributed by atoms with Crippen molar-refractivity contribution in [2.75, 3.05) is 4.90 Å². The molecule has 2 nitrogen and oxygen atoms in total. The molecule has 0 spiro atoms. The van der Waals surface area contributed by atoms with Crippen LogP contribution in [-0.4, -0.2) is 4.57 Å². The van der Waals surface area contributed by atoms with E-state index in [-0.39, 0.29) is 0 Å². The van der Waals surface area contributed by atoms with E-state index >= 15 is 0 Å². The first kappa shape index (κ1) is 39.6. The van der Waals surface area contributed by atoms with E-state index in [1.54, 1.807) is 0 Å². The minimum Gasteiger partial charge on any atom is -0.314 e. The Morgan fingerprint density at radius 3 is 1.78 bits per heavy atom. The van der Waals surface area contributed by atoms with E-state index in [0.29, 0.717) is 0 Å². The van der Waals surface area contributed by atoms with Crippen molar-refractivity contribution in [3.63, 3.8) is 0 Å². The van der Waals surface area contributed by atoms with E-state index in [1.807, 2.05) is 0 Å². The molecule has 320 valence electrons. The Balaban J connectivity index is 0.969. The highest BCUT2D eigenvalue weighted by Gasteiger charge is 2.23. The summed E-state index contributed by atoms with van der Waals surface area (Å²) in [6.45, 7) is 0. The highest BCUT2D eigenvalue weighted by atomic mass is 15.1. The molecule has 0 unspecified atom stereocenters. The monoisotopic (exact) mass is 866 g/mol. The molecule has 1 aromatic heterocycles. The largest absolute Gasteiger partial charge is 0.314 e. The summed E-state index contributed by atoms with van der Waals surface area (Å²) < 4.78 is 2.43. The SMILES string of the molecule is C1=C(c2ccccc2-c2ccccc2)CCC(N(c2ccc(-c3ccc4c(ccc5ccccc54)c3)cc2)c2cccc(-c3c4ccccc4cc4c3c3ccccc3n4-c3ccccc3)c2)=C1. The van der Waals surface area contributed by atoms with Crippen molar-refractivity contribution in [2.45, 2.75) is 12.8 Å². The highest BCUT2D eigenvalue weighted by Crippen LogP contribution is 2.46. The van der Waals surface area contributed by atoms with Crippen molar-refractivity contribution in [3.05, 3.63) is 266 Å². The lowest BCUT2D eigenvalue weighted by molar-refractivity contribution is 0.930. The van der Waals surface area contributed by atoms with Gasteiger partial charge < -0.3 is 9.47 Å². The van der Waals surface area contributed by atoms with Crippen LogP contribution in [-0.2, 0) is 0 Å². The average molecular weight is 867 g/mol. The van der Waals surface area contributed by atoms with E-state index in [2.05, 4.69) is 264 Å². The first-order valence-corrected chi connectivity index (χ1v) is 23.7. The first-order valence-electron chi connectivity index (χ1n) is 23.7. The molecule has 0 saturated carbocycles. The fraction of sp³-hybridized carbons (Fsp3) is 0.0303. The minimum absolute atomic E-state index is 0.892. The molecule has 1 heterocycles. The number of para-hydroxylation sites is 2. The summed E-state index contributed by atoms with van der Waals surface area (Å²) >= 11 is 0. The van der Waals surface area contributed by atoms with Crippen LogP contribution in [0.1, 0.15) is 18.4 Å². The molecular weight excluding hydrogens is 821 g/mol. The second-order valence-electron chi connectivity index (χ2n) is 18.0. The molecule has 0 bridgehead atoms. The molecule has 0 amide bonds. The Hall–Kier alpha value is -8.72. The molecule has 0 saturated heterocycles. The van der Waals surface area contributed by atoms with Crippen LogP contribution in [0.3, 0.4) is 0 Å². The zero-order chi connectivity index (χ0) is 45.0. The third-order valence-corrected chi connectivity index (χ3v) is 14.1. The maximum absolute atomic E-state index is 2.49. The standard InChI is InChI=1S/C66H46N2/c1-3-16-46(17-4-1)57-25-11-12-26-59(57)48-34-39-55(40-35-48)67(54-37-32-45(33-38-54)49-36-41-60-51(42-49)31-30-47-18-7-9-24-58(47)60)56-23-15-20-52(43-56)65-61-27-10-8-19-50(61)44-64-66(65)62-28-13-14-29-63(62)68(64)53-21-5-2-6-22-53/h1-34,36-39,41-44H,35,40H2. The van der Waals surface area contributed by atoms with Crippen LogP contribution in [0.4, 0.5) is 11.4 Å². The number of rotatable bonds is 8. The van der Waals surface area contributed by atoms with Gasteiger partial charge in [-0.2, -0.15) is 0 Å². The summed E-state index contributed by atoms with van der Waals surface area (Å²) in [5.74, 6) is 0. The Bertz CT molecular complexity index is 3950. The summed E-state index contributed by atoms with van der Waals surface area (Å²) in [4.78, 5) is 2.49. The van der Waals surface area contributed by atoms with E-state index in [1.165, 1.54) is 104 Å². The molecule has 0 fully saturated rings. The van der Waals surface area contributed by atoms with Gasteiger partial charge >= 0.3 is 0 Å². The maximum Gasteiger partial charge on any atom is 0.0553 e. The van der Waals surface area contributed by atoms with Crippen LogP contribution in [0.2, 0.25) is 0 Å². The van der Waals surface area contributed by atoms with Gasteiger partial charge in [0.25, 0.3) is 0 Å². The number of aromatic nitrogens is 1. The molecule has 0 N–H and O–H groups in total. The smallest absolute Gasteiger partial charge is 0.0553 e. The van der Waals surface area contributed by atoms with Crippen molar-refractivity contribution >= 4 is 71.1 Å². The van der Waals surface area contributed by atoms with Crippen LogP contribution in [0, 0.1) is 0 Å². The van der Waals surface area contributed by atoms with Gasteiger partial charge in [-0.3, -0.25) is 0 Å². The van der Waals surface area contributed by atoms with Gasteiger partial charge in [0.1, 0.15) is 0 Å². The van der Waals surface area contributed by atoms with Crippen molar-refractivity contribution in [1.29, 1.82) is 0 Å². The zero-order valence-corrected chi connectivity index (χ0v) is 37.6. The second kappa shape index (κ2) is 16.6. The fourth-order valence-corrected chi connectivity index (χ4v) is 10.9. The van der Waals surface area contributed by atoms with Crippen molar-refractivity contribution in [1.82, 2.24) is 4.57 Å². The van der Waals surface area contributed by atoms with Crippen LogP contribution < -0.4 is 4.90 Å². The summed E-state index contributed by atoms with van der Waals surface area (Å²) in [5, 5.41) is 10.1. The molecule has 13 rings (SSSR count). The Morgan fingerprint density at radius 2 is 0.971 bits per heavy atom. The second-order valence-corrected chi connectivity index (χ2v) is 18.0. The van der Waals surface area contributed by atoms with Gasteiger partial charge in [-0.1, -0.05) is 194 Å². The number of anilines is 2. The van der Waals surface area contributed by atoms with E-state index in [4.69, 9.17) is 0 Å². The van der Waals surface area contributed by atoms with Crippen LogP contribution in [0.25, 0.3) is 98.8 Å². The van der Waals surface area contributed by atoms with Gasteiger partial charge in [0.2, 0.25) is 0 Å². The van der Waals surface area contributed by atoms with E-state index < -0.39 is 0 Å². The molecule has 12 aromatic rings. The number of nitrogens with zero attached hydrogens (tertiary/aromatic N) is 2. The number of fused-ring (bicyclic) bond motifs is 7. The normalized spacial score (nSPS) is 12.8. The fourth-order valence-electron chi connectivity index (χ4n) is 10.9. The molecule has 68 heavy (non-hydrogen) atoms. The number of allylic oxidation sites excluding steroid dienone is 4. The number of benzene rings is 11. The Morgan fingerprint density at radius 1 is 0.338 bits per heavy atom. The average Bonchev–Trinajstić information content (AvgIpc) is 3.74. The molecular formula is C66H46N2. The van der Waals surface area contributed by atoms with Crippen molar-refractivity contribution in [2.24, 2.45) is 0 Å². The molecule has 1 aliphatic rings. The molecule has 0 aliphatic heterocycles. The Labute approximate surface area is 396 Å². The third kappa shape index (κ3) is 6.81. The zero-order valence-electron chi connectivity index (χ0n) is 37.6. The van der Waals surface area contributed by atoms with Gasteiger partial charge in [0.05, 0.1) is 11.0 Å². The quantitative estimate of drug-likeness (QED) is 0.138. The molecule has 1 aliphatic carbocycles. The van der Waals surface area contributed by atoms with Crippen LogP contribution in [0.5, 0.6) is 0 Å². The van der Waals surface area contributed by atoms with Gasteiger partial charge in [0, 0.05) is 33.5 Å². The molecule has 0 radical (unpaired) electrons. The van der Waals surface area contributed by atoms with E-state index in [9.17, 15) is 0 Å². The third-order valence-electron chi connectivity index (χ3n) is 14.1. The van der Waals surface area contributed by atoms with Crippen LogP contribution in [0.15, 0.2) is 261 Å². The lowest BCUT2D eigenvalue weighted by Crippen LogP contribution is -2.18. The molecule has 2 heteroatoms. The Kier molecular flexibility index (Phi) is 9.68. The molecule has 11 aromatic carbocycles. The summed E-state index contributed by atoms with van der Waals surface area (Å²) in [6, 6.07) is 89.0. The summed E-state index contributed by atoms with van der Waals surface area (Å²) in [6.07, 6.45) is 6.54. The molecule has 0 atom stereocenters. The van der Waals surface area contributed by atoms with E-state index in [0.717, 1.165) is 29.9 Å².